The van der Waals surface area contributed by atoms with Crippen LogP contribution in [-0.4, -0.2) is 33.3 Å². The van der Waals surface area contributed by atoms with Crippen molar-refractivity contribution in [3.05, 3.63) is 11.5 Å². The number of hydrogen-bond acceptors (Lipinski definition) is 6. The third-order valence-corrected chi connectivity index (χ3v) is 4.12. The highest BCUT2D eigenvalue weighted by atomic mass is 35.5. The van der Waals surface area contributed by atoms with Gasteiger partial charge in [0.2, 0.25) is 5.91 Å². The Balaban J connectivity index is 2.14. The normalized spacial score (nSPS) is 18.9. The summed E-state index contributed by atoms with van der Waals surface area (Å²) >= 11 is 7.19. The van der Waals surface area contributed by atoms with Gasteiger partial charge in [-0.05, 0) is 5.92 Å². The van der Waals surface area contributed by atoms with Gasteiger partial charge in [0.25, 0.3) is 0 Å². The van der Waals surface area contributed by atoms with Crippen LogP contribution in [0, 0.1) is 5.92 Å². The maximum atomic E-state index is 12.0. The lowest BCUT2D eigenvalue weighted by Crippen LogP contribution is -2.26. The molecule has 1 aliphatic rings. The molecular formula is C11H13ClN4O2S. The van der Waals surface area contributed by atoms with Crippen LogP contribution in [-0.2, 0) is 9.59 Å². The highest BCUT2D eigenvalue weighted by molar-refractivity contribution is 8.13. The summed E-state index contributed by atoms with van der Waals surface area (Å²) in [5, 5.41) is 0.215. The van der Waals surface area contributed by atoms with Gasteiger partial charge < -0.3 is 10.6 Å². The predicted molar refractivity (Wildman–Crippen MR) is 75.1 cm³/mol. The second-order valence-electron chi connectivity index (χ2n) is 4.28. The summed E-state index contributed by atoms with van der Waals surface area (Å²) < 4.78 is 0. The quantitative estimate of drug-likeness (QED) is 0.848. The zero-order valence-electron chi connectivity index (χ0n) is 10.3. The van der Waals surface area contributed by atoms with Crippen LogP contribution in [0.25, 0.3) is 0 Å². The molecule has 1 unspecified atom stereocenters. The number of aromatic nitrogens is 2. The fourth-order valence-corrected chi connectivity index (χ4v) is 2.90. The van der Waals surface area contributed by atoms with Gasteiger partial charge in [0, 0.05) is 25.6 Å². The number of carbonyl (C=O) groups excluding carboxylic acids is 2. The molecule has 8 heteroatoms. The van der Waals surface area contributed by atoms with Crippen molar-refractivity contribution in [2.45, 2.75) is 13.3 Å². The minimum Gasteiger partial charge on any atom is -0.382 e. The van der Waals surface area contributed by atoms with E-state index in [1.807, 2.05) is 0 Å². The van der Waals surface area contributed by atoms with Crippen LogP contribution in [0.3, 0.4) is 0 Å². The molecule has 0 aliphatic carbocycles. The van der Waals surface area contributed by atoms with Crippen LogP contribution < -0.4 is 10.6 Å². The minimum atomic E-state index is -0.0717. The van der Waals surface area contributed by atoms with E-state index in [1.165, 1.54) is 29.9 Å². The second-order valence-corrected chi connectivity index (χ2v) is 5.83. The van der Waals surface area contributed by atoms with E-state index in [-0.39, 0.29) is 27.9 Å². The number of thioether (sulfide) groups is 1. The molecule has 0 saturated carbocycles. The van der Waals surface area contributed by atoms with Gasteiger partial charge in [0.05, 0.1) is 0 Å². The molecule has 2 N–H and O–H groups in total. The van der Waals surface area contributed by atoms with Crippen molar-refractivity contribution in [3.63, 3.8) is 0 Å². The van der Waals surface area contributed by atoms with E-state index in [0.29, 0.717) is 24.4 Å². The Labute approximate surface area is 119 Å². The Kier molecular flexibility index (Phi) is 4.26. The van der Waals surface area contributed by atoms with Crippen molar-refractivity contribution >= 4 is 45.9 Å². The average molecular weight is 301 g/mol. The van der Waals surface area contributed by atoms with E-state index >= 15 is 0 Å². The van der Waals surface area contributed by atoms with Crippen LogP contribution >= 0.6 is 23.4 Å². The first kappa shape index (κ1) is 14.1. The number of anilines is 2. The van der Waals surface area contributed by atoms with Gasteiger partial charge in [-0.2, -0.15) is 0 Å². The predicted octanol–water partition coefficient (Wildman–Crippen LogP) is 1.34. The highest BCUT2D eigenvalue weighted by Crippen LogP contribution is 2.34. The van der Waals surface area contributed by atoms with E-state index < -0.39 is 0 Å². The summed E-state index contributed by atoms with van der Waals surface area (Å²) in [6.07, 6.45) is 1.63. The number of nitrogen functional groups attached to an aromatic ring is 1. The van der Waals surface area contributed by atoms with E-state index in [0.717, 1.165) is 0 Å². The number of rotatable bonds is 3. The monoisotopic (exact) mass is 300 g/mol. The molecule has 2 heterocycles. The number of hydrogen-bond donors (Lipinski definition) is 1. The SMILES string of the molecule is CC(=O)SCC1CC(=O)N(c2c(N)ncnc2Cl)C1. The number of amides is 1. The Morgan fingerprint density at radius 2 is 2.37 bits per heavy atom. The molecule has 19 heavy (non-hydrogen) atoms. The Hall–Kier alpha value is -1.34. The molecule has 0 spiro atoms. The van der Waals surface area contributed by atoms with E-state index in [1.54, 1.807) is 0 Å². The number of carbonyl (C=O) groups is 2. The largest absolute Gasteiger partial charge is 0.382 e. The molecule has 1 amide bonds. The zero-order chi connectivity index (χ0) is 14.0. The van der Waals surface area contributed by atoms with Crippen LogP contribution in [0.15, 0.2) is 6.33 Å². The molecule has 0 aromatic carbocycles. The third-order valence-electron chi connectivity index (χ3n) is 2.80. The highest BCUT2D eigenvalue weighted by Gasteiger charge is 2.33. The van der Waals surface area contributed by atoms with Crippen molar-refractivity contribution in [1.82, 2.24) is 9.97 Å². The average Bonchev–Trinajstić information content (AvgIpc) is 2.68. The van der Waals surface area contributed by atoms with Crippen LogP contribution in [0.2, 0.25) is 5.15 Å². The summed E-state index contributed by atoms with van der Waals surface area (Å²) in [7, 11) is 0. The van der Waals surface area contributed by atoms with Gasteiger partial charge in [0.15, 0.2) is 16.1 Å². The molecule has 0 radical (unpaired) electrons. The summed E-state index contributed by atoms with van der Waals surface area (Å²) in [4.78, 5) is 32.1. The van der Waals surface area contributed by atoms with Gasteiger partial charge in [-0.1, -0.05) is 23.4 Å². The van der Waals surface area contributed by atoms with Crippen LogP contribution in [0.5, 0.6) is 0 Å². The van der Waals surface area contributed by atoms with Crippen LogP contribution in [0.1, 0.15) is 13.3 Å². The first-order chi connectivity index (χ1) is 8.99. The molecule has 1 aromatic rings. The lowest BCUT2D eigenvalue weighted by atomic mass is 10.1. The summed E-state index contributed by atoms with van der Waals surface area (Å²) in [6, 6.07) is 0. The summed E-state index contributed by atoms with van der Waals surface area (Å²) in [5.41, 5.74) is 6.11. The lowest BCUT2D eigenvalue weighted by molar-refractivity contribution is -0.117. The van der Waals surface area contributed by atoms with Crippen LogP contribution in [0.4, 0.5) is 11.5 Å². The topological polar surface area (TPSA) is 89.2 Å². The van der Waals surface area contributed by atoms with Crippen molar-refractivity contribution in [2.24, 2.45) is 5.92 Å². The molecular weight excluding hydrogens is 288 g/mol. The number of halogens is 1. The molecule has 1 fully saturated rings. The molecule has 1 aliphatic heterocycles. The molecule has 0 bridgehead atoms. The maximum absolute atomic E-state index is 12.0. The van der Waals surface area contributed by atoms with E-state index in [4.69, 9.17) is 17.3 Å². The lowest BCUT2D eigenvalue weighted by Gasteiger charge is -2.18. The fraction of sp³-hybridized carbons (Fsp3) is 0.455. The summed E-state index contributed by atoms with van der Waals surface area (Å²) in [6.45, 7) is 2.00. The molecule has 6 nitrogen and oxygen atoms in total. The van der Waals surface area contributed by atoms with Gasteiger partial charge in [-0.3, -0.25) is 9.59 Å². The summed E-state index contributed by atoms with van der Waals surface area (Å²) in [5.74, 6) is 0.839. The molecule has 1 aromatic heterocycles. The van der Waals surface area contributed by atoms with Crippen molar-refractivity contribution in [1.29, 1.82) is 0 Å². The Bertz CT molecular complexity index is 505. The second kappa shape index (κ2) is 5.75. The third kappa shape index (κ3) is 3.16. The smallest absolute Gasteiger partial charge is 0.227 e. The number of nitrogens with two attached hydrogens (primary N) is 1. The number of nitrogens with zero attached hydrogens (tertiary/aromatic N) is 3. The maximum Gasteiger partial charge on any atom is 0.227 e. The first-order valence-corrected chi connectivity index (χ1v) is 7.05. The van der Waals surface area contributed by atoms with E-state index in [9.17, 15) is 9.59 Å². The van der Waals surface area contributed by atoms with E-state index in [2.05, 4.69) is 9.97 Å². The van der Waals surface area contributed by atoms with Gasteiger partial charge in [-0.25, -0.2) is 9.97 Å². The first-order valence-electron chi connectivity index (χ1n) is 5.68. The molecule has 102 valence electrons. The van der Waals surface area contributed by atoms with Crippen molar-refractivity contribution < 1.29 is 9.59 Å². The fourth-order valence-electron chi connectivity index (χ4n) is 1.96. The van der Waals surface area contributed by atoms with Crippen molar-refractivity contribution in [3.8, 4) is 0 Å². The van der Waals surface area contributed by atoms with Crippen molar-refractivity contribution in [2.75, 3.05) is 22.9 Å². The van der Waals surface area contributed by atoms with Gasteiger partial charge in [-0.15, -0.1) is 0 Å². The Morgan fingerprint density at radius 1 is 1.63 bits per heavy atom. The molecule has 1 saturated heterocycles. The standard InChI is InChI=1S/C11H13ClN4O2S/c1-6(17)19-4-7-2-8(18)16(3-7)9-10(12)14-5-15-11(9)13/h5,7H,2-4H2,1H3,(H2,13,14,15). The van der Waals surface area contributed by atoms with Gasteiger partial charge in [0.1, 0.15) is 12.0 Å². The van der Waals surface area contributed by atoms with Gasteiger partial charge >= 0.3 is 0 Å². The molecule has 1 atom stereocenters. The Morgan fingerprint density at radius 3 is 3.00 bits per heavy atom. The minimum absolute atomic E-state index is 0.0477. The zero-order valence-corrected chi connectivity index (χ0v) is 11.9. The molecule has 2 rings (SSSR count).